The number of carbonyl (C=O) groups excluding carboxylic acids is 3. The molecule has 9 heteroatoms. The van der Waals surface area contributed by atoms with Gasteiger partial charge in [-0.2, -0.15) is 5.10 Å². The summed E-state index contributed by atoms with van der Waals surface area (Å²) in [7, 11) is 1.30. The van der Waals surface area contributed by atoms with E-state index in [1.807, 2.05) is 18.4 Å². The Morgan fingerprint density at radius 2 is 2.00 bits per heavy atom. The SMILES string of the molecule is COC(=O)c1c(NC(=O)C(=O)N/N=C/c2sccc2C)sc2c1CCCC2. The van der Waals surface area contributed by atoms with Crippen molar-refractivity contribution in [2.45, 2.75) is 32.6 Å². The summed E-state index contributed by atoms with van der Waals surface area (Å²) >= 11 is 2.81. The van der Waals surface area contributed by atoms with Crippen molar-refractivity contribution in [3.8, 4) is 0 Å². The Balaban J connectivity index is 1.71. The Labute approximate surface area is 164 Å². The van der Waals surface area contributed by atoms with Crippen LogP contribution < -0.4 is 10.7 Å². The van der Waals surface area contributed by atoms with Gasteiger partial charge in [0.15, 0.2) is 0 Å². The second-order valence-electron chi connectivity index (χ2n) is 6.03. The average molecular weight is 406 g/mol. The zero-order chi connectivity index (χ0) is 19.4. The summed E-state index contributed by atoms with van der Waals surface area (Å²) in [5.74, 6) is -2.28. The van der Waals surface area contributed by atoms with Crippen molar-refractivity contribution in [3.63, 3.8) is 0 Å². The van der Waals surface area contributed by atoms with E-state index in [-0.39, 0.29) is 0 Å². The van der Waals surface area contributed by atoms with Crippen LogP contribution in [0.15, 0.2) is 16.5 Å². The fourth-order valence-corrected chi connectivity index (χ4v) is 4.91. The van der Waals surface area contributed by atoms with Crippen LogP contribution in [0.5, 0.6) is 0 Å². The second kappa shape index (κ2) is 8.45. The molecule has 0 fully saturated rings. The molecule has 0 radical (unpaired) electrons. The van der Waals surface area contributed by atoms with Crippen molar-refractivity contribution in [2.24, 2.45) is 5.10 Å². The molecule has 0 spiro atoms. The number of methoxy groups -OCH3 is 1. The highest BCUT2D eigenvalue weighted by molar-refractivity contribution is 7.17. The van der Waals surface area contributed by atoms with Gasteiger partial charge in [0.1, 0.15) is 5.00 Å². The smallest absolute Gasteiger partial charge is 0.341 e. The van der Waals surface area contributed by atoms with E-state index in [1.165, 1.54) is 36.0 Å². The number of aryl methyl sites for hydroxylation is 2. The van der Waals surface area contributed by atoms with Crippen LogP contribution in [0, 0.1) is 6.92 Å². The van der Waals surface area contributed by atoms with E-state index in [0.717, 1.165) is 46.6 Å². The fourth-order valence-electron chi connectivity index (χ4n) is 2.85. The quantitative estimate of drug-likeness (QED) is 0.354. The molecule has 0 bridgehead atoms. The highest BCUT2D eigenvalue weighted by Crippen LogP contribution is 2.38. The molecule has 2 aromatic heterocycles. The average Bonchev–Trinajstić information content (AvgIpc) is 3.23. The van der Waals surface area contributed by atoms with E-state index < -0.39 is 17.8 Å². The number of hydrogen-bond acceptors (Lipinski definition) is 7. The minimum atomic E-state index is -0.900. The van der Waals surface area contributed by atoms with Gasteiger partial charge in [-0.05, 0) is 55.2 Å². The third-order valence-corrected chi connectivity index (χ3v) is 6.40. The Morgan fingerprint density at radius 1 is 1.22 bits per heavy atom. The summed E-state index contributed by atoms with van der Waals surface area (Å²) in [6.45, 7) is 1.93. The summed E-state index contributed by atoms with van der Waals surface area (Å²) in [4.78, 5) is 38.3. The van der Waals surface area contributed by atoms with Gasteiger partial charge in [0.25, 0.3) is 0 Å². The van der Waals surface area contributed by atoms with Gasteiger partial charge in [-0.1, -0.05) is 0 Å². The van der Waals surface area contributed by atoms with Crippen LogP contribution in [0.2, 0.25) is 0 Å². The third kappa shape index (κ3) is 4.25. The Bertz CT molecular complexity index is 914. The van der Waals surface area contributed by atoms with Crippen LogP contribution in [-0.2, 0) is 27.2 Å². The van der Waals surface area contributed by atoms with E-state index in [2.05, 4.69) is 15.8 Å². The minimum absolute atomic E-state index is 0.354. The first-order valence-electron chi connectivity index (χ1n) is 8.42. The fraction of sp³-hybridized carbons (Fsp3) is 0.333. The summed E-state index contributed by atoms with van der Waals surface area (Å²) in [5, 5.41) is 8.61. The number of nitrogens with one attached hydrogen (secondary N) is 2. The molecule has 0 aliphatic heterocycles. The van der Waals surface area contributed by atoms with Crippen molar-refractivity contribution in [2.75, 3.05) is 12.4 Å². The number of fused-ring (bicyclic) bond motifs is 1. The molecule has 2 aromatic rings. The van der Waals surface area contributed by atoms with Gasteiger partial charge in [-0.15, -0.1) is 22.7 Å². The summed E-state index contributed by atoms with van der Waals surface area (Å²) in [5.41, 5.74) is 4.52. The lowest BCUT2D eigenvalue weighted by Gasteiger charge is -2.11. The molecular formula is C18H19N3O4S2. The number of nitrogens with zero attached hydrogens (tertiary/aromatic N) is 1. The van der Waals surface area contributed by atoms with Crippen molar-refractivity contribution in [1.82, 2.24) is 5.43 Å². The van der Waals surface area contributed by atoms with E-state index in [9.17, 15) is 14.4 Å². The predicted octanol–water partition coefficient (Wildman–Crippen LogP) is 2.87. The lowest BCUT2D eigenvalue weighted by molar-refractivity contribution is -0.136. The Hall–Kier alpha value is -2.52. The number of amides is 2. The first-order chi connectivity index (χ1) is 13.0. The number of hydrazone groups is 1. The number of thiophene rings is 2. The van der Waals surface area contributed by atoms with Gasteiger partial charge in [-0.3, -0.25) is 9.59 Å². The van der Waals surface area contributed by atoms with E-state index >= 15 is 0 Å². The molecule has 0 unspecified atom stereocenters. The number of ether oxygens (including phenoxy) is 1. The zero-order valence-electron chi connectivity index (χ0n) is 15.0. The monoisotopic (exact) mass is 405 g/mol. The lowest BCUT2D eigenvalue weighted by atomic mass is 9.95. The standard InChI is InChI=1S/C18H19N3O4S2/c1-10-7-8-26-13(10)9-19-21-16(23)15(22)20-17-14(18(24)25-2)11-5-3-4-6-12(11)27-17/h7-9H,3-6H2,1-2H3,(H,20,22)(H,21,23)/b19-9+. The maximum Gasteiger partial charge on any atom is 0.341 e. The summed E-state index contributed by atoms with van der Waals surface area (Å²) in [6.07, 6.45) is 5.14. The molecule has 2 amide bonds. The van der Waals surface area contributed by atoms with Crippen LogP contribution in [0.1, 0.15) is 44.1 Å². The van der Waals surface area contributed by atoms with Crippen LogP contribution >= 0.6 is 22.7 Å². The molecule has 7 nitrogen and oxygen atoms in total. The zero-order valence-corrected chi connectivity index (χ0v) is 16.6. The van der Waals surface area contributed by atoms with Crippen molar-refractivity contribution < 1.29 is 19.1 Å². The number of esters is 1. The van der Waals surface area contributed by atoms with Crippen LogP contribution in [0.3, 0.4) is 0 Å². The topological polar surface area (TPSA) is 96.9 Å². The number of carbonyl (C=O) groups is 3. The number of anilines is 1. The maximum absolute atomic E-state index is 12.2. The molecule has 0 atom stereocenters. The Kier molecular flexibility index (Phi) is 6.02. The highest BCUT2D eigenvalue weighted by Gasteiger charge is 2.28. The summed E-state index contributed by atoms with van der Waals surface area (Å²) < 4.78 is 4.85. The molecule has 0 aromatic carbocycles. The molecule has 1 aliphatic rings. The van der Waals surface area contributed by atoms with Gasteiger partial charge < -0.3 is 10.1 Å². The summed E-state index contributed by atoms with van der Waals surface area (Å²) in [6, 6.07) is 1.94. The molecular weight excluding hydrogens is 386 g/mol. The largest absolute Gasteiger partial charge is 0.465 e. The normalized spacial score (nSPS) is 13.3. The van der Waals surface area contributed by atoms with Gasteiger partial charge >= 0.3 is 17.8 Å². The molecule has 3 rings (SSSR count). The van der Waals surface area contributed by atoms with Crippen LogP contribution in [0.25, 0.3) is 0 Å². The molecule has 142 valence electrons. The maximum atomic E-state index is 12.2. The lowest BCUT2D eigenvalue weighted by Crippen LogP contribution is -2.32. The Morgan fingerprint density at radius 3 is 2.70 bits per heavy atom. The minimum Gasteiger partial charge on any atom is -0.465 e. The van der Waals surface area contributed by atoms with Gasteiger partial charge in [0, 0.05) is 9.75 Å². The molecule has 0 saturated heterocycles. The van der Waals surface area contributed by atoms with Gasteiger partial charge in [0.2, 0.25) is 0 Å². The first kappa shape index (κ1) is 19.2. The van der Waals surface area contributed by atoms with Crippen molar-refractivity contribution >= 4 is 51.7 Å². The highest BCUT2D eigenvalue weighted by atomic mass is 32.1. The van der Waals surface area contributed by atoms with Crippen molar-refractivity contribution in [1.29, 1.82) is 0 Å². The molecule has 27 heavy (non-hydrogen) atoms. The third-order valence-electron chi connectivity index (χ3n) is 4.24. The van der Waals surface area contributed by atoms with Gasteiger partial charge in [-0.25, -0.2) is 10.2 Å². The first-order valence-corrected chi connectivity index (χ1v) is 10.1. The molecule has 2 heterocycles. The van der Waals surface area contributed by atoms with Crippen LogP contribution in [0.4, 0.5) is 5.00 Å². The predicted molar refractivity (Wildman–Crippen MR) is 106 cm³/mol. The molecule has 1 aliphatic carbocycles. The van der Waals surface area contributed by atoms with E-state index in [4.69, 9.17) is 4.74 Å². The second-order valence-corrected chi connectivity index (χ2v) is 8.08. The van der Waals surface area contributed by atoms with E-state index in [1.54, 1.807) is 0 Å². The van der Waals surface area contributed by atoms with E-state index in [0.29, 0.717) is 10.6 Å². The number of hydrogen-bond donors (Lipinski definition) is 2. The van der Waals surface area contributed by atoms with Gasteiger partial charge in [0.05, 0.1) is 18.9 Å². The van der Waals surface area contributed by atoms with Crippen LogP contribution in [-0.4, -0.2) is 31.1 Å². The molecule has 0 saturated carbocycles. The van der Waals surface area contributed by atoms with Crippen molar-refractivity contribution in [3.05, 3.63) is 37.9 Å². The molecule has 2 N–H and O–H groups in total. The number of rotatable bonds is 4.